The van der Waals surface area contributed by atoms with Crippen molar-refractivity contribution in [1.29, 1.82) is 0 Å². The molecule has 4 nitrogen and oxygen atoms in total. The van der Waals surface area contributed by atoms with Crippen molar-refractivity contribution >= 4 is 0 Å². The maximum atomic E-state index is 6.05. The first kappa shape index (κ1) is 14.3. The van der Waals surface area contributed by atoms with Gasteiger partial charge in [0, 0.05) is 19.5 Å². The maximum absolute atomic E-state index is 6.05. The second-order valence-electron chi connectivity index (χ2n) is 6.72. The fourth-order valence-electron chi connectivity index (χ4n) is 2.97. The Morgan fingerprint density at radius 1 is 1.22 bits per heavy atom. The Morgan fingerprint density at radius 2 is 1.94 bits per heavy atom. The van der Waals surface area contributed by atoms with Gasteiger partial charge in [0.2, 0.25) is 0 Å². The maximum Gasteiger partial charge on any atom is 0.0936 e. The van der Waals surface area contributed by atoms with Crippen LogP contribution in [-0.4, -0.2) is 49.2 Å². The number of hydrogen-bond acceptors (Lipinski definition) is 4. The van der Waals surface area contributed by atoms with Gasteiger partial charge in [0.15, 0.2) is 0 Å². The monoisotopic (exact) mass is 257 g/mol. The predicted octanol–water partition coefficient (Wildman–Crippen LogP) is 1.73. The summed E-state index contributed by atoms with van der Waals surface area (Å²) >= 11 is 0. The molecule has 0 aromatic rings. The molecule has 106 valence electrons. The van der Waals surface area contributed by atoms with E-state index in [0.29, 0.717) is 6.61 Å². The molecule has 0 radical (unpaired) electrons. The molecular weight excluding hydrogens is 230 g/mol. The Hall–Kier alpha value is -0.160. The van der Waals surface area contributed by atoms with Gasteiger partial charge < -0.3 is 19.5 Å². The standard InChI is InChI=1S/C14H27NO3/c1-10-7-15-8-11(17-10)9-16-12-6-13(2,3)18-14(12,4)5/h10-12,15H,6-9H2,1-5H3. The summed E-state index contributed by atoms with van der Waals surface area (Å²) in [5.41, 5.74) is -0.301. The minimum Gasteiger partial charge on any atom is -0.372 e. The lowest BCUT2D eigenvalue weighted by Crippen LogP contribution is -2.46. The molecule has 3 unspecified atom stereocenters. The SMILES string of the molecule is CC1CNCC(COC2CC(C)(C)OC2(C)C)O1. The molecule has 2 rings (SSSR count). The van der Waals surface area contributed by atoms with Crippen molar-refractivity contribution in [2.45, 2.75) is 70.6 Å². The van der Waals surface area contributed by atoms with Crippen molar-refractivity contribution < 1.29 is 14.2 Å². The smallest absolute Gasteiger partial charge is 0.0936 e. The summed E-state index contributed by atoms with van der Waals surface area (Å²) in [4.78, 5) is 0. The van der Waals surface area contributed by atoms with Gasteiger partial charge in [-0.05, 0) is 34.6 Å². The van der Waals surface area contributed by atoms with Crippen LogP contribution >= 0.6 is 0 Å². The molecule has 0 saturated carbocycles. The molecule has 0 amide bonds. The van der Waals surface area contributed by atoms with Crippen molar-refractivity contribution in [3.8, 4) is 0 Å². The van der Waals surface area contributed by atoms with Gasteiger partial charge in [-0.15, -0.1) is 0 Å². The summed E-state index contributed by atoms with van der Waals surface area (Å²) in [6.07, 6.45) is 1.52. The van der Waals surface area contributed by atoms with Crippen LogP contribution in [0.2, 0.25) is 0 Å². The van der Waals surface area contributed by atoms with Crippen LogP contribution in [-0.2, 0) is 14.2 Å². The van der Waals surface area contributed by atoms with Gasteiger partial charge in [-0.2, -0.15) is 0 Å². The lowest BCUT2D eigenvalue weighted by atomic mass is 9.97. The summed E-state index contributed by atoms with van der Waals surface area (Å²) in [7, 11) is 0. The average molecular weight is 257 g/mol. The Kier molecular flexibility index (Phi) is 4.02. The normalized spacial score (nSPS) is 38.8. The van der Waals surface area contributed by atoms with Crippen LogP contribution in [0.15, 0.2) is 0 Å². The molecule has 1 N–H and O–H groups in total. The highest BCUT2D eigenvalue weighted by Gasteiger charge is 2.46. The third-order valence-corrected chi connectivity index (χ3v) is 3.70. The fraction of sp³-hybridized carbons (Fsp3) is 1.00. The average Bonchev–Trinajstić information content (AvgIpc) is 2.43. The van der Waals surface area contributed by atoms with Gasteiger partial charge in [0.25, 0.3) is 0 Å². The lowest BCUT2D eigenvalue weighted by Gasteiger charge is -2.31. The Labute approximate surface area is 110 Å². The molecule has 0 aromatic carbocycles. The number of nitrogens with one attached hydrogen (secondary N) is 1. The second kappa shape index (κ2) is 5.08. The van der Waals surface area contributed by atoms with E-state index in [-0.39, 0.29) is 29.5 Å². The lowest BCUT2D eigenvalue weighted by molar-refractivity contribution is -0.127. The van der Waals surface area contributed by atoms with E-state index in [4.69, 9.17) is 14.2 Å². The van der Waals surface area contributed by atoms with Gasteiger partial charge in [-0.1, -0.05) is 0 Å². The first-order chi connectivity index (χ1) is 8.28. The van der Waals surface area contributed by atoms with E-state index >= 15 is 0 Å². The van der Waals surface area contributed by atoms with Crippen LogP contribution in [0.25, 0.3) is 0 Å². The molecule has 0 spiro atoms. The number of hydrogen-bond donors (Lipinski definition) is 1. The van der Waals surface area contributed by atoms with E-state index in [1.165, 1.54) is 0 Å². The Morgan fingerprint density at radius 3 is 2.50 bits per heavy atom. The zero-order valence-corrected chi connectivity index (χ0v) is 12.3. The summed E-state index contributed by atoms with van der Waals surface area (Å²) in [6, 6.07) is 0. The van der Waals surface area contributed by atoms with Crippen molar-refractivity contribution in [2.24, 2.45) is 0 Å². The van der Waals surface area contributed by atoms with Gasteiger partial charge in [0.05, 0.1) is 36.1 Å². The van der Waals surface area contributed by atoms with Crippen molar-refractivity contribution in [3.63, 3.8) is 0 Å². The molecule has 3 atom stereocenters. The molecule has 2 aliphatic rings. The molecule has 2 aliphatic heterocycles. The second-order valence-corrected chi connectivity index (χ2v) is 6.72. The largest absolute Gasteiger partial charge is 0.372 e. The molecule has 0 bridgehead atoms. The summed E-state index contributed by atoms with van der Waals surface area (Å²) < 4.78 is 17.9. The van der Waals surface area contributed by atoms with Crippen LogP contribution in [0, 0.1) is 0 Å². The molecule has 4 heteroatoms. The molecule has 0 aliphatic carbocycles. The Bertz CT molecular complexity index is 291. The highest BCUT2D eigenvalue weighted by Crippen LogP contribution is 2.39. The topological polar surface area (TPSA) is 39.7 Å². The first-order valence-corrected chi connectivity index (χ1v) is 6.96. The van der Waals surface area contributed by atoms with Crippen molar-refractivity contribution in [2.75, 3.05) is 19.7 Å². The van der Waals surface area contributed by atoms with Crippen LogP contribution in [0.4, 0.5) is 0 Å². The van der Waals surface area contributed by atoms with E-state index in [1.807, 2.05) is 0 Å². The van der Waals surface area contributed by atoms with E-state index < -0.39 is 0 Å². The third-order valence-electron chi connectivity index (χ3n) is 3.70. The highest BCUT2D eigenvalue weighted by molar-refractivity contribution is 4.95. The zero-order valence-electron chi connectivity index (χ0n) is 12.3. The van der Waals surface area contributed by atoms with Gasteiger partial charge in [-0.25, -0.2) is 0 Å². The molecule has 2 heterocycles. The molecule has 2 saturated heterocycles. The van der Waals surface area contributed by atoms with Crippen molar-refractivity contribution in [1.82, 2.24) is 5.32 Å². The van der Waals surface area contributed by atoms with Crippen LogP contribution < -0.4 is 5.32 Å². The van der Waals surface area contributed by atoms with E-state index in [2.05, 4.69) is 39.9 Å². The van der Waals surface area contributed by atoms with Crippen LogP contribution in [0.1, 0.15) is 41.0 Å². The summed E-state index contributed by atoms with van der Waals surface area (Å²) in [5.74, 6) is 0. The number of ether oxygens (including phenoxy) is 3. The van der Waals surface area contributed by atoms with E-state index in [1.54, 1.807) is 0 Å². The fourth-order valence-corrected chi connectivity index (χ4v) is 2.97. The third kappa shape index (κ3) is 3.44. The van der Waals surface area contributed by atoms with Gasteiger partial charge in [-0.3, -0.25) is 0 Å². The van der Waals surface area contributed by atoms with E-state index in [0.717, 1.165) is 19.5 Å². The van der Waals surface area contributed by atoms with Crippen LogP contribution in [0.5, 0.6) is 0 Å². The van der Waals surface area contributed by atoms with Gasteiger partial charge in [0.1, 0.15) is 0 Å². The minimum atomic E-state index is -0.211. The van der Waals surface area contributed by atoms with E-state index in [9.17, 15) is 0 Å². The molecule has 2 fully saturated rings. The van der Waals surface area contributed by atoms with Crippen molar-refractivity contribution in [3.05, 3.63) is 0 Å². The number of morpholine rings is 1. The zero-order chi connectivity index (χ0) is 13.4. The highest BCUT2D eigenvalue weighted by atomic mass is 16.6. The predicted molar refractivity (Wildman–Crippen MR) is 70.8 cm³/mol. The quantitative estimate of drug-likeness (QED) is 0.836. The number of rotatable bonds is 3. The minimum absolute atomic E-state index is 0.0901. The summed E-state index contributed by atoms with van der Waals surface area (Å²) in [5, 5.41) is 3.36. The summed E-state index contributed by atoms with van der Waals surface area (Å²) in [6.45, 7) is 13.0. The van der Waals surface area contributed by atoms with Crippen LogP contribution in [0.3, 0.4) is 0 Å². The first-order valence-electron chi connectivity index (χ1n) is 6.96. The Balaban J connectivity index is 1.83. The molecule has 18 heavy (non-hydrogen) atoms. The molecule has 0 aromatic heterocycles. The molecular formula is C14H27NO3. The van der Waals surface area contributed by atoms with Gasteiger partial charge >= 0.3 is 0 Å².